The molecule has 0 radical (unpaired) electrons. The summed E-state index contributed by atoms with van der Waals surface area (Å²) in [5.74, 6) is 0.678. The molecule has 0 fully saturated rings. The van der Waals surface area contributed by atoms with Crippen molar-refractivity contribution < 1.29 is 9.72 Å². The molecule has 0 bridgehead atoms. The first-order chi connectivity index (χ1) is 11.0. The fraction of sp³-hybridized carbons (Fsp3) is 0.308. The van der Waals surface area contributed by atoms with Crippen LogP contribution in [0.25, 0.3) is 0 Å². The van der Waals surface area contributed by atoms with Gasteiger partial charge in [-0.1, -0.05) is 47.9 Å². The average molecular weight is 370 g/mol. The van der Waals surface area contributed by atoms with Crippen LogP contribution in [0.1, 0.15) is 13.8 Å². The molecule has 23 heavy (non-hydrogen) atoms. The summed E-state index contributed by atoms with van der Waals surface area (Å²) in [6.45, 7) is 3.79. The Morgan fingerprint density at radius 3 is 2.87 bits per heavy atom. The Morgan fingerprint density at radius 1 is 1.43 bits per heavy atom. The maximum Gasteiger partial charge on any atom is 0.271 e. The second kappa shape index (κ2) is 8.27. The van der Waals surface area contributed by atoms with E-state index in [1.165, 1.54) is 41.3 Å². The molecule has 1 unspecified atom stereocenters. The Hall–Kier alpha value is -1.65. The number of rotatable bonds is 7. The van der Waals surface area contributed by atoms with E-state index >= 15 is 0 Å². The summed E-state index contributed by atoms with van der Waals surface area (Å²) in [4.78, 5) is 22.4. The van der Waals surface area contributed by atoms with Crippen LogP contribution in [0.3, 0.4) is 0 Å². The summed E-state index contributed by atoms with van der Waals surface area (Å²) in [6, 6.07) is 5.85. The average Bonchev–Trinajstić information content (AvgIpc) is 2.95. The highest BCUT2D eigenvalue weighted by molar-refractivity contribution is 8.03. The number of nitrogens with zero attached hydrogens (tertiary/aromatic N) is 3. The van der Waals surface area contributed by atoms with Gasteiger partial charge in [0.1, 0.15) is 0 Å². The molecule has 1 heterocycles. The monoisotopic (exact) mass is 370 g/mol. The largest absolute Gasteiger partial charge is 0.325 e. The Bertz CT molecular complexity index is 707. The first-order valence-corrected chi connectivity index (χ1v) is 9.36. The minimum Gasteiger partial charge on any atom is -0.325 e. The van der Waals surface area contributed by atoms with Gasteiger partial charge < -0.3 is 5.32 Å². The van der Waals surface area contributed by atoms with Gasteiger partial charge in [0.2, 0.25) is 5.91 Å². The molecule has 0 saturated carbocycles. The number of non-ortho nitro benzene ring substituents is 1. The molecule has 1 atom stereocenters. The van der Waals surface area contributed by atoms with Gasteiger partial charge in [0, 0.05) is 17.8 Å². The molecule has 7 nitrogen and oxygen atoms in total. The maximum absolute atomic E-state index is 12.2. The number of carbonyl (C=O) groups excluding carboxylic acids is 1. The first kappa shape index (κ1) is 17.7. The van der Waals surface area contributed by atoms with Gasteiger partial charge in [-0.3, -0.25) is 14.9 Å². The number of hydrogen-bond acceptors (Lipinski definition) is 8. The second-order valence-electron chi connectivity index (χ2n) is 4.32. The van der Waals surface area contributed by atoms with Gasteiger partial charge in [-0.15, -0.1) is 10.2 Å². The van der Waals surface area contributed by atoms with Crippen molar-refractivity contribution in [1.82, 2.24) is 10.2 Å². The number of carbonyl (C=O) groups is 1. The van der Waals surface area contributed by atoms with Gasteiger partial charge in [-0.05, 0) is 18.7 Å². The predicted octanol–water partition coefficient (Wildman–Crippen LogP) is 3.68. The summed E-state index contributed by atoms with van der Waals surface area (Å²) < 4.78 is 1.60. The number of benzene rings is 1. The third-order valence-corrected chi connectivity index (χ3v) is 5.75. The molecule has 2 rings (SSSR count). The molecule has 1 aromatic heterocycles. The number of nitro benzene ring substituents is 1. The standard InChI is InChI=1S/C13H14N4O3S3/c1-3-21-12-15-16-13(23-12)22-8(2)11(18)14-9-5-4-6-10(7-9)17(19)20/h4-8H,3H2,1-2H3,(H,14,18). The van der Waals surface area contributed by atoms with Gasteiger partial charge in [-0.2, -0.15) is 0 Å². The molecule has 0 aliphatic heterocycles. The summed E-state index contributed by atoms with van der Waals surface area (Å²) >= 11 is 4.37. The highest BCUT2D eigenvalue weighted by atomic mass is 32.2. The zero-order valence-electron chi connectivity index (χ0n) is 12.4. The van der Waals surface area contributed by atoms with E-state index in [9.17, 15) is 14.9 Å². The van der Waals surface area contributed by atoms with E-state index in [-0.39, 0.29) is 16.8 Å². The number of amides is 1. The number of hydrogen-bond donors (Lipinski definition) is 1. The SMILES string of the molecule is CCSc1nnc(SC(C)C(=O)Nc2cccc([N+](=O)[O-])c2)s1. The number of thioether (sulfide) groups is 2. The van der Waals surface area contributed by atoms with Gasteiger partial charge in [0.15, 0.2) is 8.68 Å². The van der Waals surface area contributed by atoms with Crippen molar-refractivity contribution in [3.05, 3.63) is 34.4 Å². The maximum atomic E-state index is 12.2. The van der Waals surface area contributed by atoms with Crippen LogP contribution in [0.5, 0.6) is 0 Å². The zero-order valence-corrected chi connectivity index (χ0v) is 14.8. The van der Waals surface area contributed by atoms with Crippen LogP contribution >= 0.6 is 34.9 Å². The van der Waals surface area contributed by atoms with Crippen LogP contribution in [0.2, 0.25) is 0 Å². The van der Waals surface area contributed by atoms with E-state index in [4.69, 9.17) is 0 Å². The van der Waals surface area contributed by atoms with Crippen LogP contribution in [0.4, 0.5) is 11.4 Å². The summed E-state index contributed by atoms with van der Waals surface area (Å²) in [6.07, 6.45) is 0. The molecule has 1 aromatic carbocycles. The number of aromatic nitrogens is 2. The Morgan fingerprint density at radius 2 is 2.17 bits per heavy atom. The molecular weight excluding hydrogens is 356 g/mol. The van der Waals surface area contributed by atoms with Gasteiger partial charge in [-0.25, -0.2) is 0 Å². The highest BCUT2D eigenvalue weighted by Crippen LogP contribution is 2.31. The summed E-state index contributed by atoms with van der Waals surface area (Å²) in [5, 5.41) is 21.1. The zero-order chi connectivity index (χ0) is 16.8. The molecule has 0 spiro atoms. The van der Waals surface area contributed by atoms with Gasteiger partial charge in [0.05, 0.1) is 10.2 Å². The molecule has 1 amide bonds. The Labute approximate surface area is 145 Å². The van der Waals surface area contributed by atoms with E-state index in [0.717, 1.165) is 14.4 Å². The number of nitro groups is 1. The third kappa shape index (κ3) is 5.19. The fourth-order valence-electron chi connectivity index (χ4n) is 1.57. The molecule has 122 valence electrons. The van der Waals surface area contributed by atoms with Crippen LogP contribution in [0, 0.1) is 10.1 Å². The van der Waals surface area contributed by atoms with E-state index in [1.807, 2.05) is 6.92 Å². The summed E-state index contributed by atoms with van der Waals surface area (Å²) in [5.41, 5.74) is 0.338. The lowest BCUT2D eigenvalue weighted by molar-refractivity contribution is -0.384. The molecule has 0 aliphatic rings. The van der Waals surface area contributed by atoms with E-state index in [1.54, 1.807) is 24.8 Å². The minimum absolute atomic E-state index is 0.0616. The lowest BCUT2D eigenvalue weighted by Crippen LogP contribution is -2.22. The molecule has 1 N–H and O–H groups in total. The first-order valence-electron chi connectivity index (χ1n) is 6.68. The van der Waals surface area contributed by atoms with Crippen LogP contribution in [-0.2, 0) is 4.79 Å². The van der Waals surface area contributed by atoms with Crippen LogP contribution in [-0.4, -0.2) is 32.0 Å². The summed E-state index contributed by atoms with van der Waals surface area (Å²) in [7, 11) is 0. The quantitative estimate of drug-likeness (QED) is 0.451. The highest BCUT2D eigenvalue weighted by Gasteiger charge is 2.18. The normalized spacial score (nSPS) is 11.9. The van der Waals surface area contributed by atoms with Crippen molar-refractivity contribution in [3.63, 3.8) is 0 Å². The van der Waals surface area contributed by atoms with E-state index < -0.39 is 4.92 Å². The fourth-order valence-corrected chi connectivity index (χ4v) is 4.63. The van der Waals surface area contributed by atoms with Crippen molar-refractivity contribution in [2.45, 2.75) is 27.8 Å². The van der Waals surface area contributed by atoms with Crippen molar-refractivity contribution in [2.24, 2.45) is 0 Å². The number of nitrogens with one attached hydrogen (secondary N) is 1. The van der Waals surface area contributed by atoms with Crippen molar-refractivity contribution >= 4 is 52.1 Å². The lowest BCUT2D eigenvalue weighted by atomic mass is 10.2. The molecule has 2 aromatic rings. The van der Waals surface area contributed by atoms with Gasteiger partial charge in [0.25, 0.3) is 5.69 Å². The third-order valence-electron chi connectivity index (χ3n) is 2.63. The lowest BCUT2D eigenvalue weighted by Gasteiger charge is -2.10. The van der Waals surface area contributed by atoms with Crippen molar-refractivity contribution in [3.8, 4) is 0 Å². The molecular formula is C13H14N4O3S3. The second-order valence-corrected chi connectivity index (χ2v) is 8.40. The number of anilines is 1. The van der Waals surface area contributed by atoms with E-state index in [0.29, 0.717) is 5.69 Å². The minimum atomic E-state index is -0.498. The Kier molecular flexibility index (Phi) is 6.37. The molecule has 0 aliphatic carbocycles. The van der Waals surface area contributed by atoms with Crippen LogP contribution in [0.15, 0.2) is 32.9 Å². The Balaban J connectivity index is 1.96. The topological polar surface area (TPSA) is 98.0 Å². The van der Waals surface area contributed by atoms with E-state index in [2.05, 4.69) is 15.5 Å². The van der Waals surface area contributed by atoms with Crippen LogP contribution < -0.4 is 5.32 Å². The van der Waals surface area contributed by atoms with Crippen molar-refractivity contribution in [2.75, 3.05) is 11.1 Å². The molecule has 0 saturated heterocycles. The predicted molar refractivity (Wildman–Crippen MR) is 93.4 cm³/mol. The smallest absolute Gasteiger partial charge is 0.271 e. The molecule has 10 heteroatoms. The van der Waals surface area contributed by atoms with Crippen molar-refractivity contribution in [1.29, 1.82) is 0 Å². The van der Waals surface area contributed by atoms with Gasteiger partial charge >= 0.3 is 0 Å².